The molecule has 2 aromatic heterocycles. The van der Waals surface area contributed by atoms with Crippen LogP contribution in [0.5, 0.6) is 0 Å². The van der Waals surface area contributed by atoms with Crippen LogP contribution in [0.4, 0.5) is 0 Å². The molecular formula is C8H9ClN4O3S. The molecule has 0 saturated carbocycles. The van der Waals surface area contributed by atoms with Gasteiger partial charge in [0.1, 0.15) is 5.15 Å². The van der Waals surface area contributed by atoms with Gasteiger partial charge >= 0.3 is 0 Å². The van der Waals surface area contributed by atoms with Crippen molar-refractivity contribution in [3.63, 3.8) is 0 Å². The second-order valence-electron chi connectivity index (χ2n) is 3.25. The van der Waals surface area contributed by atoms with Crippen LogP contribution < -0.4 is 4.72 Å². The van der Waals surface area contributed by atoms with Gasteiger partial charge in [-0.05, 0) is 0 Å². The average molecular weight is 277 g/mol. The maximum absolute atomic E-state index is 11.8. The third-order valence-corrected chi connectivity index (χ3v) is 3.91. The molecule has 2 aromatic rings. The van der Waals surface area contributed by atoms with Gasteiger partial charge in [-0.2, -0.15) is 0 Å². The van der Waals surface area contributed by atoms with Gasteiger partial charge in [0.25, 0.3) is 10.0 Å². The first-order valence-corrected chi connectivity index (χ1v) is 6.43. The lowest BCUT2D eigenvalue weighted by Crippen LogP contribution is -2.23. The number of aryl methyl sites for hydroxylation is 1. The number of rotatable bonds is 4. The smallest absolute Gasteiger partial charge is 0.261 e. The summed E-state index contributed by atoms with van der Waals surface area (Å²) in [5.74, 6) is 0.403. The largest absolute Gasteiger partial charge is 0.360 e. The van der Waals surface area contributed by atoms with Crippen molar-refractivity contribution in [2.75, 3.05) is 0 Å². The number of halogens is 1. The molecule has 7 nitrogen and oxygen atoms in total. The normalized spacial score (nSPS) is 11.9. The van der Waals surface area contributed by atoms with E-state index in [2.05, 4.69) is 14.9 Å². The van der Waals surface area contributed by atoms with Gasteiger partial charge in [0.15, 0.2) is 5.76 Å². The minimum Gasteiger partial charge on any atom is -0.360 e. The maximum Gasteiger partial charge on any atom is 0.261 e. The molecule has 9 heteroatoms. The van der Waals surface area contributed by atoms with Crippen molar-refractivity contribution in [2.45, 2.75) is 11.6 Å². The Balaban J connectivity index is 2.17. The summed E-state index contributed by atoms with van der Waals surface area (Å²) in [5, 5.41) is 3.31. The van der Waals surface area contributed by atoms with E-state index < -0.39 is 10.0 Å². The van der Waals surface area contributed by atoms with Gasteiger partial charge in [0.2, 0.25) is 5.03 Å². The summed E-state index contributed by atoms with van der Waals surface area (Å²) < 4.78 is 32.1. The predicted octanol–water partition coefficient (Wildman–Crippen LogP) is 0.540. The molecule has 0 atom stereocenters. The van der Waals surface area contributed by atoms with Crippen LogP contribution in [-0.4, -0.2) is 23.1 Å². The Morgan fingerprint density at radius 3 is 2.88 bits per heavy atom. The van der Waals surface area contributed by atoms with Crippen molar-refractivity contribution in [1.82, 2.24) is 19.4 Å². The van der Waals surface area contributed by atoms with Crippen molar-refractivity contribution < 1.29 is 12.9 Å². The Hall–Kier alpha value is -1.38. The second kappa shape index (κ2) is 4.47. The Kier molecular flexibility index (Phi) is 3.18. The van der Waals surface area contributed by atoms with Crippen molar-refractivity contribution in [2.24, 2.45) is 7.05 Å². The molecule has 0 radical (unpaired) electrons. The average Bonchev–Trinajstić information content (AvgIpc) is 2.88. The van der Waals surface area contributed by atoms with Gasteiger partial charge in [-0.25, -0.2) is 18.1 Å². The fourth-order valence-electron chi connectivity index (χ4n) is 1.14. The quantitative estimate of drug-likeness (QED) is 0.880. The van der Waals surface area contributed by atoms with Crippen LogP contribution in [0.15, 0.2) is 28.1 Å². The lowest BCUT2D eigenvalue weighted by Gasteiger charge is -2.02. The Bertz CT molecular complexity index is 605. The van der Waals surface area contributed by atoms with Gasteiger partial charge in [0, 0.05) is 13.1 Å². The summed E-state index contributed by atoms with van der Waals surface area (Å²) in [6, 6.07) is 1.56. The number of sulfonamides is 1. The van der Waals surface area contributed by atoms with E-state index in [0.29, 0.717) is 5.76 Å². The third-order valence-electron chi connectivity index (χ3n) is 2.02. The molecule has 2 heterocycles. The zero-order chi connectivity index (χ0) is 12.5. The molecular weight excluding hydrogens is 268 g/mol. The molecule has 0 aliphatic rings. The highest BCUT2D eigenvalue weighted by Crippen LogP contribution is 2.18. The van der Waals surface area contributed by atoms with Crippen LogP contribution >= 0.6 is 11.6 Å². The summed E-state index contributed by atoms with van der Waals surface area (Å²) in [6.07, 6.45) is 2.75. The highest BCUT2D eigenvalue weighted by atomic mass is 35.5. The summed E-state index contributed by atoms with van der Waals surface area (Å²) >= 11 is 5.80. The summed E-state index contributed by atoms with van der Waals surface area (Å²) in [7, 11) is -2.15. The van der Waals surface area contributed by atoms with Crippen LogP contribution in [0.3, 0.4) is 0 Å². The number of nitrogens with zero attached hydrogens (tertiary/aromatic N) is 3. The van der Waals surface area contributed by atoms with Crippen molar-refractivity contribution in [3.8, 4) is 0 Å². The molecule has 0 fully saturated rings. The van der Waals surface area contributed by atoms with Crippen molar-refractivity contribution >= 4 is 21.6 Å². The van der Waals surface area contributed by atoms with E-state index in [1.165, 1.54) is 17.1 Å². The molecule has 1 N–H and O–H groups in total. The topological polar surface area (TPSA) is 90.0 Å². The van der Waals surface area contributed by atoms with Crippen molar-refractivity contribution in [3.05, 3.63) is 29.5 Å². The number of aromatic nitrogens is 3. The molecule has 0 aliphatic carbocycles. The first-order valence-electron chi connectivity index (χ1n) is 4.57. The molecule has 0 bridgehead atoms. The fraction of sp³-hybridized carbons (Fsp3) is 0.250. The van der Waals surface area contributed by atoms with E-state index in [-0.39, 0.29) is 16.7 Å². The molecule has 0 saturated heterocycles. The van der Waals surface area contributed by atoms with Gasteiger partial charge in [-0.15, -0.1) is 0 Å². The standard InChI is InChI=1S/C8H9ClN4O3S/c1-13-5-10-8(7(13)9)17(14,15)12-4-6-2-3-11-16-6/h2-3,5,12H,4H2,1H3. The SMILES string of the molecule is Cn1cnc(S(=O)(=O)NCc2ccno2)c1Cl. The zero-order valence-corrected chi connectivity index (χ0v) is 10.4. The number of hydrogen-bond donors (Lipinski definition) is 1. The molecule has 2 rings (SSSR count). The highest BCUT2D eigenvalue weighted by Gasteiger charge is 2.22. The number of imidazole rings is 1. The first kappa shape index (κ1) is 12.1. The Morgan fingerprint density at radius 2 is 2.35 bits per heavy atom. The Morgan fingerprint density at radius 1 is 1.59 bits per heavy atom. The monoisotopic (exact) mass is 276 g/mol. The molecule has 0 aromatic carbocycles. The molecule has 0 amide bonds. The van der Waals surface area contributed by atoms with Crippen LogP contribution in [0.25, 0.3) is 0 Å². The van der Waals surface area contributed by atoms with Crippen LogP contribution in [-0.2, 0) is 23.6 Å². The molecule has 0 spiro atoms. The van der Waals surface area contributed by atoms with E-state index in [9.17, 15) is 8.42 Å². The van der Waals surface area contributed by atoms with E-state index in [1.54, 1.807) is 13.1 Å². The molecule has 92 valence electrons. The highest BCUT2D eigenvalue weighted by molar-refractivity contribution is 7.89. The van der Waals surface area contributed by atoms with E-state index in [4.69, 9.17) is 16.1 Å². The van der Waals surface area contributed by atoms with Gasteiger partial charge < -0.3 is 9.09 Å². The van der Waals surface area contributed by atoms with Gasteiger partial charge in [0.05, 0.1) is 19.1 Å². The minimum atomic E-state index is -3.75. The molecule has 17 heavy (non-hydrogen) atoms. The lowest BCUT2D eigenvalue weighted by molar-refractivity contribution is 0.380. The van der Waals surface area contributed by atoms with Gasteiger partial charge in [-0.3, -0.25) is 0 Å². The first-order chi connectivity index (χ1) is 8.00. The van der Waals surface area contributed by atoms with Crippen LogP contribution in [0.2, 0.25) is 5.15 Å². The molecule has 0 unspecified atom stereocenters. The van der Waals surface area contributed by atoms with E-state index in [1.807, 2.05) is 0 Å². The minimum absolute atomic E-state index is 0.00473. The van der Waals surface area contributed by atoms with Crippen LogP contribution in [0, 0.1) is 0 Å². The summed E-state index contributed by atoms with van der Waals surface area (Å²) in [6.45, 7) is -0.00473. The fourth-order valence-corrected chi connectivity index (χ4v) is 2.56. The Labute approximate surface area is 102 Å². The van der Waals surface area contributed by atoms with Crippen LogP contribution in [0.1, 0.15) is 5.76 Å². The van der Waals surface area contributed by atoms with Crippen molar-refractivity contribution in [1.29, 1.82) is 0 Å². The summed E-state index contributed by atoms with van der Waals surface area (Å²) in [4.78, 5) is 3.72. The number of hydrogen-bond acceptors (Lipinski definition) is 5. The second-order valence-corrected chi connectivity index (χ2v) is 5.29. The van der Waals surface area contributed by atoms with E-state index in [0.717, 1.165) is 0 Å². The number of nitrogens with one attached hydrogen (secondary N) is 1. The molecule has 0 aliphatic heterocycles. The maximum atomic E-state index is 11.8. The lowest BCUT2D eigenvalue weighted by atomic mass is 10.5. The third kappa shape index (κ3) is 2.48. The van der Waals surface area contributed by atoms with E-state index >= 15 is 0 Å². The summed E-state index contributed by atoms with van der Waals surface area (Å²) in [5.41, 5.74) is 0. The van der Waals surface area contributed by atoms with Gasteiger partial charge in [-0.1, -0.05) is 16.8 Å². The predicted molar refractivity (Wildman–Crippen MR) is 58.7 cm³/mol. The zero-order valence-electron chi connectivity index (χ0n) is 8.79.